The quantitative estimate of drug-likeness (QED) is 0.927. The molecule has 3 nitrogen and oxygen atoms in total. The minimum Gasteiger partial charge on any atom is -0.338 e. The van der Waals surface area contributed by atoms with Gasteiger partial charge in [0, 0.05) is 23.1 Å². The molecule has 0 aliphatic carbocycles. The van der Waals surface area contributed by atoms with Gasteiger partial charge in [0.25, 0.3) is 5.91 Å². The number of halogens is 1. The lowest BCUT2D eigenvalue weighted by atomic mass is 9.97. The molecule has 19 heavy (non-hydrogen) atoms. The van der Waals surface area contributed by atoms with E-state index in [4.69, 9.17) is 0 Å². The molecule has 104 valence electrons. The summed E-state index contributed by atoms with van der Waals surface area (Å²) in [5, 5.41) is 3.21. The van der Waals surface area contributed by atoms with Crippen molar-refractivity contribution in [2.24, 2.45) is 5.92 Å². The monoisotopic (exact) mass is 324 g/mol. The fourth-order valence-electron chi connectivity index (χ4n) is 2.74. The maximum absolute atomic E-state index is 12.6. The van der Waals surface area contributed by atoms with E-state index in [-0.39, 0.29) is 5.91 Å². The normalized spacial score (nSPS) is 19.5. The summed E-state index contributed by atoms with van der Waals surface area (Å²) in [4.78, 5) is 14.6. The Labute approximate surface area is 123 Å². The SMILES string of the molecule is CNCC1CCCN(C(=O)c2ccc(Br)cc2C)C1. The number of piperidine rings is 1. The van der Waals surface area contributed by atoms with Gasteiger partial charge in [-0.3, -0.25) is 4.79 Å². The van der Waals surface area contributed by atoms with Crippen LogP contribution in [0.25, 0.3) is 0 Å². The van der Waals surface area contributed by atoms with Crippen LogP contribution in [0.5, 0.6) is 0 Å². The third-order valence-electron chi connectivity index (χ3n) is 3.72. The lowest BCUT2D eigenvalue weighted by Crippen LogP contribution is -2.42. The number of rotatable bonds is 3. The second-order valence-electron chi connectivity index (χ2n) is 5.28. The van der Waals surface area contributed by atoms with Crippen molar-refractivity contribution in [3.63, 3.8) is 0 Å². The lowest BCUT2D eigenvalue weighted by molar-refractivity contribution is 0.0673. The van der Waals surface area contributed by atoms with Gasteiger partial charge in [-0.15, -0.1) is 0 Å². The Bertz CT molecular complexity index is 459. The molecule has 0 bridgehead atoms. The molecule has 4 heteroatoms. The molecule has 0 radical (unpaired) electrons. The van der Waals surface area contributed by atoms with E-state index < -0.39 is 0 Å². The highest BCUT2D eigenvalue weighted by atomic mass is 79.9. The standard InChI is InChI=1S/C15H21BrN2O/c1-11-8-13(16)5-6-14(11)15(19)18-7-3-4-12(10-18)9-17-2/h5-6,8,12,17H,3-4,7,9-10H2,1-2H3. The molecule has 1 amide bonds. The summed E-state index contributed by atoms with van der Waals surface area (Å²) < 4.78 is 1.02. The van der Waals surface area contributed by atoms with Crippen molar-refractivity contribution in [3.05, 3.63) is 33.8 Å². The van der Waals surface area contributed by atoms with Gasteiger partial charge in [0.05, 0.1) is 0 Å². The number of benzene rings is 1. The van der Waals surface area contributed by atoms with E-state index >= 15 is 0 Å². The Morgan fingerprint density at radius 3 is 3.00 bits per heavy atom. The van der Waals surface area contributed by atoms with Crippen LogP contribution >= 0.6 is 15.9 Å². The molecule has 1 heterocycles. The predicted octanol–water partition coefficient (Wildman–Crippen LogP) is 2.83. The van der Waals surface area contributed by atoms with E-state index in [1.165, 1.54) is 6.42 Å². The maximum atomic E-state index is 12.6. The number of hydrogen-bond donors (Lipinski definition) is 1. The third-order valence-corrected chi connectivity index (χ3v) is 4.21. The topological polar surface area (TPSA) is 32.3 Å². The van der Waals surface area contributed by atoms with Crippen LogP contribution in [0.2, 0.25) is 0 Å². The molecule has 1 aliphatic rings. The average Bonchev–Trinajstić information content (AvgIpc) is 2.39. The zero-order valence-corrected chi connectivity index (χ0v) is 13.2. The van der Waals surface area contributed by atoms with Crippen LogP contribution in [0.1, 0.15) is 28.8 Å². The number of hydrogen-bond acceptors (Lipinski definition) is 2. The van der Waals surface area contributed by atoms with Crippen LogP contribution < -0.4 is 5.32 Å². The third kappa shape index (κ3) is 3.57. The molecule has 1 aromatic carbocycles. The summed E-state index contributed by atoms with van der Waals surface area (Å²) in [5.74, 6) is 0.754. The number of carbonyl (C=O) groups is 1. The summed E-state index contributed by atoms with van der Waals surface area (Å²) in [6.07, 6.45) is 2.32. The van der Waals surface area contributed by atoms with Crippen LogP contribution in [-0.4, -0.2) is 37.5 Å². The summed E-state index contributed by atoms with van der Waals surface area (Å²) in [6, 6.07) is 5.86. The van der Waals surface area contributed by atoms with E-state index in [0.29, 0.717) is 5.92 Å². The zero-order chi connectivity index (χ0) is 13.8. The lowest BCUT2D eigenvalue weighted by Gasteiger charge is -2.33. The molecule has 1 unspecified atom stereocenters. The van der Waals surface area contributed by atoms with E-state index in [0.717, 1.165) is 41.7 Å². The molecule has 1 atom stereocenters. The van der Waals surface area contributed by atoms with Gasteiger partial charge < -0.3 is 10.2 Å². The molecule has 0 saturated carbocycles. The van der Waals surface area contributed by atoms with Gasteiger partial charge in [-0.1, -0.05) is 15.9 Å². The molecule has 1 saturated heterocycles. The summed E-state index contributed by atoms with van der Waals surface area (Å²) in [5.41, 5.74) is 1.86. The van der Waals surface area contributed by atoms with Gasteiger partial charge >= 0.3 is 0 Å². The van der Waals surface area contributed by atoms with Crippen LogP contribution in [0.4, 0.5) is 0 Å². The highest BCUT2D eigenvalue weighted by Gasteiger charge is 2.24. The number of nitrogens with zero attached hydrogens (tertiary/aromatic N) is 1. The minimum absolute atomic E-state index is 0.172. The first kappa shape index (κ1) is 14.5. The summed E-state index contributed by atoms with van der Waals surface area (Å²) in [7, 11) is 1.97. The number of aryl methyl sites for hydroxylation is 1. The van der Waals surface area contributed by atoms with Crippen molar-refractivity contribution in [2.75, 3.05) is 26.7 Å². The van der Waals surface area contributed by atoms with Crippen LogP contribution in [-0.2, 0) is 0 Å². The van der Waals surface area contributed by atoms with Gasteiger partial charge in [-0.05, 0) is 63.0 Å². The number of nitrogens with one attached hydrogen (secondary N) is 1. The van der Waals surface area contributed by atoms with Crippen molar-refractivity contribution in [1.82, 2.24) is 10.2 Å². The van der Waals surface area contributed by atoms with Gasteiger partial charge in [0.15, 0.2) is 0 Å². The van der Waals surface area contributed by atoms with Gasteiger partial charge in [0.1, 0.15) is 0 Å². The Kier molecular flexibility index (Phi) is 4.99. The van der Waals surface area contributed by atoms with Crippen LogP contribution in [0.3, 0.4) is 0 Å². The van der Waals surface area contributed by atoms with Gasteiger partial charge in [-0.25, -0.2) is 0 Å². The average molecular weight is 325 g/mol. The van der Waals surface area contributed by atoms with Crippen molar-refractivity contribution in [1.29, 1.82) is 0 Å². The Balaban J connectivity index is 2.10. The molecule has 1 aliphatic heterocycles. The predicted molar refractivity (Wildman–Crippen MR) is 81.4 cm³/mol. The smallest absolute Gasteiger partial charge is 0.254 e. The first-order valence-corrected chi connectivity index (χ1v) is 7.61. The Hall–Kier alpha value is -0.870. The van der Waals surface area contributed by atoms with Crippen LogP contribution in [0, 0.1) is 12.8 Å². The Morgan fingerprint density at radius 2 is 2.32 bits per heavy atom. The number of likely N-dealkylation sites (tertiary alicyclic amines) is 1. The minimum atomic E-state index is 0.172. The molecular formula is C15H21BrN2O. The van der Waals surface area contributed by atoms with Gasteiger partial charge in [0.2, 0.25) is 0 Å². The highest BCUT2D eigenvalue weighted by Crippen LogP contribution is 2.21. The van der Waals surface area contributed by atoms with E-state index in [2.05, 4.69) is 21.2 Å². The number of carbonyl (C=O) groups excluding carboxylic acids is 1. The van der Waals surface area contributed by atoms with Gasteiger partial charge in [-0.2, -0.15) is 0 Å². The van der Waals surface area contributed by atoms with Crippen molar-refractivity contribution in [3.8, 4) is 0 Å². The first-order valence-electron chi connectivity index (χ1n) is 6.82. The van der Waals surface area contributed by atoms with E-state index in [1.807, 2.05) is 37.1 Å². The fraction of sp³-hybridized carbons (Fsp3) is 0.533. The molecule has 2 rings (SSSR count). The molecule has 1 fully saturated rings. The van der Waals surface area contributed by atoms with Crippen molar-refractivity contribution in [2.45, 2.75) is 19.8 Å². The van der Waals surface area contributed by atoms with Crippen molar-refractivity contribution < 1.29 is 4.79 Å². The molecule has 0 aromatic heterocycles. The maximum Gasteiger partial charge on any atom is 0.254 e. The fourth-order valence-corrected chi connectivity index (χ4v) is 3.22. The second kappa shape index (κ2) is 6.53. The second-order valence-corrected chi connectivity index (χ2v) is 6.19. The van der Waals surface area contributed by atoms with Crippen LogP contribution in [0.15, 0.2) is 22.7 Å². The molecule has 0 spiro atoms. The molecular weight excluding hydrogens is 304 g/mol. The number of amides is 1. The van der Waals surface area contributed by atoms with E-state index in [9.17, 15) is 4.79 Å². The summed E-state index contributed by atoms with van der Waals surface area (Å²) in [6.45, 7) is 4.74. The van der Waals surface area contributed by atoms with E-state index in [1.54, 1.807) is 0 Å². The first-order chi connectivity index (χ1) is 9.11. The highest BCUT2D eigenvalue weighted by molar-refractivity contribution is 9.10. The van der Waals surface area contributed by atoms with Crippen molar-refractivity contribution >= 4 is 21.8 Å². The Morgan fingerprint density at radius 1 is 1.53 bits per heavy atom. The molecule has 1 aromatic rings. The molecule has 1 N–H and O–H groups in total. The summed E-state index contributed by atoms with van der Waals surface area (Å²) >= 11 is 3.44. The largest absolute Gasteiger partial charge is 0.338 e. The zero-order valence-electron chi connectivity index (χ0n) is 11.6.